The molecule has 0 bridgehead atoms. The first kappa shape index (κ1) is 13.2. The smallest absolute Gasteiger partial charge is 0.117 e. The first-order valence-electron chi connectivity index (χ1n) is 6.38. The monoisotopic (exact) mass is 261 g/mol. The van der Waals surface area contributed by atoms with Crippen molar-refractivity contribution in [2.24, 2.45) is 0 Å². The highest BCUT2D eigenvalue weighted by Gasteiger charge is 2.04. The fraction of sp³-hybridized carbons (Fsp3) is 0.429. The van der Waals surface area contributed by atoms with Gasteiger partial charge in [-0.1, -0.05) is 30.3 Å². The molecule has 0 aliphatic carbocycles. The molecule has 0 radical (unpaired) electrons. The third kappa shape index (κ3) is 4.20. The number of hydrogen-bond acceptors (Lipinski definition) is 4. The van der Waals surface area contributed by atoms with Crippen LogP contribution in [0.4, 0.5) is 0 Å². The minimum Gasteiger partial charge on any atom is -0.320 e. The Hall–Kier alpha value is -1.26. The van der Waals surface area contributed by atoms with Crippen LogP contribution in [0.1, 0.15) is 22.0 Å². The summed E-state index contributed by atoms with van der Waals surface area (Å²) in [5, 5.41) is 14.0. The van der Waals surface area contributed by atoms with E-state index >= 15 is 0 Å². The molecule has 0 unspecified atom stereocenters. The minimum absolute atomic E-state index is 0.994. The van der Waals surface area contributed by atoms with Crippen molar-refractivity contribution >= 4 is 11.3 Å². The van der Waals surface area contributed by atoms with Crippen LogP contribution in [0.2, 0.25) is 0 Å². The van der Waals surface area contributed by atoms with Crippen molar-refractivity contribution in [1.29, 1.82) is 0 Å². The Kier molecular flexibility index (Phi) is 5.30. The molecule has 4 heteroatoms. The summed E-state index contributed by atoms with van der Waals surface area (Å²) in [5.41, 5.74) is 1.37. The van der Waals surface area contributed by atoms with Gasteiger partial charge < -0.3 is 5.32 Å². The van der Waals surface area contributed by atoms with Gasteiger partial charge in [-0.3, -0.25) is 0 Å². The highest BCUT2D eigenvalue weighted by atomic mass is 32.1. The normalized spacial score (nSPS) is 10.7. The molecule has 0 saturated heterocycles. The zero-order valence-corrected chi connectivity index (χ0v) is 11.5. The van der Waals surface area contributed by atoms with Gasteiger partial charge in [-0.15, -0.1) is 21.5 Å². The van der Waals surface area contributed by atoms with Crippen molar-refractivity contribution in [3.05, 3.63) is 45.9 Å². The maximum Gasteiger partial charge on any atom is 0.117 e. The fourth-order valence-electron chi connectivity index (χ4n) is 1.80. The zero-order chi connectivity index (χ0) is 12.6. The van der Waals surface area contributed by atoms with E-state index in [1.165, 1.54) is 5.56 Å². The van der Waals surface area contributed by atoms with E-state index in [-0.39, 0.29) is 0 Å². The average molecular weight is 261 g/mol. The molecule has 0 aliphatic heterocycles. The maximum absolute atomic E-state index is 4.26. The molecule has 2 rings (SSSR count). The lowest BCUT2D eigenvalue weighted by atomic mass is 10.1. The Labute approximate surface area is 112 Å². The Morgan fingerprint density at radius 2 is 1.72 bits per heavy atom. The number of rotatable bonds is 7. The number of hydrogen-bond donors (Lipinski definition) is 1. The Morgan fingerprint density at radius 1 is 1.00 bits per heavy atom. The van der Waals surface area contributed by atoms with Gasteiger partial charge in [0, 0.05) is 12.8 Å². The number of aryl methyl sites for hydroxylation is 3. The molecular formula is C14H19N3S. The highest BCUT2D eigenvalue weighted by molar-refractivity contribution is 7.11. The van der Waals surface area contributed by atoms with Gasteiger partial charge >= 0.3 is 0 Å². The molecule has 1 heterocycles. The van der Waals surface area contributed by atoms with Gasteiger partial charge in [0.05, 0.1) is 0 Å². The molecule has 0 saturated carbocycles. The van der Waals surface area contributed by atoms with Crippen LogP contribution in [0.5, 0.6) is 0 Å². The van der Waals surface area contributed by atoms with Crippen molar-refractivity contribution in [3.8, 4) is 0 Å². The summed E-state index contributed by atoms with van der Waals surface area (Å²) in [6.07, 6.45) is 4.20. The van der Waals surface area contributed by atoms with Gasteiger partial charge in [0.1, 0.15) is 10.0 Å². The van der Waals surface area contributed by atoms with Crippen LogP contribution in [0.3, 0.4) is 0 Å². The van der Waals surface area contributed by atoms with Crippen LogP contribution in [0, 0.1) is 0 Å². The van der Waals surface area contributed by atoms with Crippen LogP contribution >= 0.6 is 11.3 Å². The van der Waals surface area contributed by atoms with E-state index < -0.39 is 0 Å². The van der Waals surface area contributed by atoms with E-state index in [0.717, 1.165) is 42.2 Å². The summed E-state index contributed by atoms with van der Waals surface area (Å²) in [6.45, 7) is 1.04. The predicted octanol–water partition coefficient (Wildman–Crippen LogP) is 2.48. The van der Waals surface area contributed by atoms with Gasteiger partial charge in [0.15, 0.2) is 0 Å². The van der Waals surface area contributed by atoms with Crippen LogP contribution in [0.15, 0.2) is 30.3 Å². The van der Waals surface area contributed by atoms with Gasteiger partial charge in [-0.25, -0.2) is 0 Å². The Balaban J connectivity index is 1.80. The summed E-state index contributed by atoms with van der Waals surface area (Å²) >= 11 is 1.75. The van der Waals surface area contributed by atoms with Crippen molar-refractivity contribution in [1.82, 2.24) is 15.5 Å². The van der Waals surface area contributed by atoms with Crippen LogP contribution in [-0.4, -0.2) is 23.8 Å². The third-order valence-electron chi connectivity index (χ3n) is 2.80. The fourth-order valence-corrected chi connectivity index (χ4v) is 2.69. The van der Waals surface area contributed by atoms with Gasteiger partial charge in [-0.05, 0) is 32.0 Å². The first-order chi connectivity index (χ1) is 8.88. The van der Waals surface area contributed by atoms with E-state index in [1.807, 2.05) is 13.1 Å². The molecule has 18 heavy (non-hydrogen) atoms. The van der Waals surface area contributed by atoms with Crippen molar-refractivity contribution in [2.45, 2.75) is 25.7 Å². The van der Waals surface area contributed by atoms with E-state index in [2.05, 4.69) is 39.8 Å². The largest absolute Gasteiger partial charge is 0.320 e. The van der Waals surface area contributed by atoms with Crippen LogP contribution in [0.25, 0.3) is 0 Å². The third-order valence-corrected chi connectivity index (χ3v) is 3.84. The number of nitrogens with zero attached hydrogens (tertiary/aromatic N) is 2. The van der Waals surface area contributed by atoms with Gasteiger partial charge in [-0.2, -0.15) is 0 Å². The average Bonchev–Trinajstić information content (AvgIpc) is 2.86. The first-order valence-corrected chi connectivity index (χ1v) is 7.20. The van der Waals surface area contributed by atoms with Crippen molar-refractivity contribution < 1.29 is 0 Å². The summed E-state index contributed by atoms with van der Waals surface area (Å²) in [6, 6.07) is 10.5. The molecule has 3 nitrogen and oxygen atoms in total. The molecule has 0 atom stereocenters. The molecule has 1 N–H and O–H groups in total. The molecule has 1 aromatic heterocycles. The SMILES string of the molecule is CNCCCc1nnc(CCc2ccccc2)s1. The molecule has 1 aromatic carbocycles. The number of aromatic nitrogens is 2. The molecule has 0 spiro atoms. The van der Waals surface area contributed by atoms with Crippen molar-refractivity contribution in [3.63, 3.8) is 0 Å². The molecule has 2 aromatic rings. The second-order valence-electron chi connectivity index (χ2n) is 4.28. The number of nitrogens with one attached hydrogen (secondary N) is 1. The second-order valence-corrected chi connectivity index (χ2v) is 5.43. The second kappa shape index (κ2) is 7.24. The molecular weight excluding hydrogens is 242 g/mol. The lowest BCUT2D eigenvalue weighted by Gasteiger charge is -1.97. The van der Waals surface area contributed by atoms with E-state index in [0.29, 0.717) is 0 Å². The van der Waals surface area contributed by atoms with Crippen LogP contribution < -0.4 is 5.32 Å². The Morgan fingerprint density at radius 3 is 2.44 bits per heavy atom. The predicted molar refractivity (Wildman–Crippen MR) is 76.0 cm³/mol. The molecule has 0 fully saturated rings. The zero-order valence-electron chi connectivity index (χ0n) is 10.7. The quantitative estimate of drug-likeness (QED) is 0.778. The summed E-state index contributed by atoms with van der Waals surface area (Å²) in [4.78, 5) is 0. The van der Waals surface area contributed by atoms with Crippen molar-refractivity contribution in [2.75, 3.05) is 13.6 Å². The molecule has 0 aliphatic rings. The van der Waals surface area contributed by atoms with E-state index in [1.54, 1.807) is 11.3 Å². The lowest BCUT2D eigenvalue weighted by molar-refractivity contribution is 0.717. The number of benzene rings is 1. The topological polar surface area (TPSA) is 37.8 Å². The molecule has 96 valence electrons. The standard InChI is InChI=1S/C14H19N3S/c1-15-11-5-8-13-16-17-14(18-13)10-9-12-6-3-2-4-7-12/h2-4,6-7,15H,5,8-11H2,1H3. The van der Waals surface area contributed by atoms with E-state index in [4.69, 9.17) is 0 Å². The summed E-state index contributed by atoms with van der Waals surface area (Å²) < 4.78 is 0. The lowest BCUT2D eigenvalue weighted by Crippen LogP contribution is -2.08. The summed E-state index contributed by atoms with van der Waals surface area (Å²) in [7, 11) is 1.98. The Bertz CT molecular complexity index is 453. The summed E-state index contributed by atoms with van der Waals surface area (Å²) in [5.74, 6) is 0. The van der Waals surface area contributed by atoms with E-state index in [9.17, 15) is 0 Å². The van der Waals surface area contributed by atoms with Crippen LogP contribution in [-0.2, 0) is 19.3 Å². The van der Waals surface area contributed by atoms with Gasteiger partial charge in [0.2, 0.25) is 0 Å². The van der Waals surface area contributed by atoms with Gasteiger partial charge in [0.25, 0.3) is 0 Å². The maximum atomic E-state index is 4.26. The molecule has 0 amide bonds. The highest BCUT2D eigenvalue weighted by Crippen LogP contribution is 2.14. The minimum atomic E-state index is 0.994.